The minimum Gasteiger partial charge on any atom is -0.310 e. The van der Waals surface area contributed by atoms with Crippen molar-refractivity contribution in [3.8, 4) is 0 Å². The fourth-order valence-corrected chi connectivity index (χ4v) is 3.38. The van der Waals surface area contributed by atoms with Crippen LogP contribution in [0.15, 0.2) is 40.9 Å². The summed E-state index contributed by atoms with van der Waals surface area (Å²) >= 11 is 3.55. The van der Waals surface area contributed by atoms with Gasteiger partial charge in [0.25, 0.3) is 0 Å². The number of halogens is 1. The Bertz CT molecular complexity index is 579. The molecule has 0 aliphatic carbocycles. The summed E-state index contributed by atoms with van der Waals surface area (Å²) in [6.07, 6.45) is 3.68. The minimum atomic E-state index is 0.456. The standard InChI is InChI=1S/C19H26BrN/c1-4-6-14(3)19(21-11-5-2)17-8-7-16-13-18(20)10-9-15(16)12-17/h7-10,12-14,19,21H,4-6,11H2,1-3H3. The summed E-state index contributed by atoms with van der Waals surface area (Å²) in [5, 5.41) is 6.36. The maximum atomic E-state index is 3.74. The highest BCUT2D eigenvalue weighted by Gasteiger charge is 2.18. The van der Waals surface area contributed by atoms with Crippen molar-refractivity contribution in [2.45, 2.75) is 46.1 Å². The van der Waals surface area contributed by atoms with Crippen LogP contribution in [-0.2, 0) is 0 Å². The van der Waals surface area contributed by atoms with Crippen LogP contribution in [0.3, 0.4) is 0 Å². The van der Waals surface area contributed by atoms with Crippen molar-refractivity contribution in [2.75, 3.05) is 6.54 Å². The molecule has 0 spiro atoms. The predicted octanol–water partition coefficient (Wildman–Crippen LogP) is 6.08. The van der Waals surface area contributed by atoms with E-state index < -0.39 is 0 Å². The molecule has 2 atom stereocenters. The first kappa shape index (κ1) is 16.5. The highest BCUT2D eigenvalue weighted by Crippen LogP contribution is 2.29. The Morgan fingerprint density at radius 3 is 2.43 bits per heavy atom. The third-order valence-electron chi connectivity index (χ3n) is 4.11. The van der Waals surface area contributed by atoms with Crippen molar-refractivity contribution in [2.24, 2.45) is 5.92 Å². The van der Waals surface area contributed by atoms with Crippen LogP contribution in [0.2, 0.25) is 0 Å². The van der Waals surface area contributed by atoms with Crippen molar-refractivity contribution in [3.63, 3.8) is 0 Å². The summed E-state index contributed by atoms with van der Waals surface area (Å²) < 4.78 is 1.14. The van der Waals surface area contributed by atoms with Crippen molar-refractivity contribution in [1.82, 2.24) is 5.32 Å². The maximum Gasteiger partial charge on any atom is 0.0346 e. The van der Waals surface area contributed by atoms with E-state index in [1.807, 2.05) is 0 Å². The molecule has 2 heteroatoms. The lowest BCUT2D eigenvalue weighted by Gasteiger charge is -2.26. The van der Waals surface area contributed by atoms with Crippen LogP contribution >= 0.6 is 15.9 Å². The van der Waals surface area contributed by atoms with E-state index in [9.17, 15) is 0 Å². The summed E-state index contributed by atoms with van der Waals surface area (Å²) in [6.45, 7) is 7.94. The summed E-state index contributed by atoms with van der Waals surface area (Å²) in [5.41, 5.74) is 1.42. The van der Waals surface area contributed by atoms with Gasteiger partial charge in [0.2, 0.25) is 0 Å². The van der Waals surface area contributed by atoms with Gasteiger partial charge in [0.1, 0.15) is 0 Å². The molecule has 0 fully saturated rings. The van der Waals surface area contributed by atoms with Crippen LogP contribution in [-0.4, -0.2) is 6.54 Å². The molecule has 0 heterocycles. The van der Waals surface area contributed by atoms with E-state index in [4.69, 9.17) is 0 Å². The van der Waals surface area contributed by atoms with E-state index in [0.29, 0.717) is 12.0 Å². The number of hydrogen-bond acceptors (Lipinski definition) is 1. The van der Waals surface area contributed by atoms with Gasteiger partial charge in [-0.3, -0.25) is 0 Å². The van der Waals surface area contributed by atoms with Crippen LogP contribution in [0.25, 0.3) is 10.8 Å². The van der Waals surface area contributed by atoms with E-state index in [0.717, 1.165) is 11.0 Å². The predicted molar refractivity (Wildman–Crippen MR) is 96.8 cm³/mol. The van der Waals surface area contributed by atoms with Gasteiger partial charge in [0.15, 0.2) is 0 Å². The van der Waals surface area contributed by atoms with Crippen LogP contribution in [0, 0.1) is 5.92 Å². The molecule has 1 nitrogen and oxygen atoms in total. The molecule has 0 bridgehead atoms. The monoisotopic (exact) mass is 347 g/mol. The average molecular weight is 348 g/mol. The molecule has 0 radical (unpaired) electrons. The largest absolute Gasteiger partial charge is 0.310 e. The Hall–Kier alpha value is -0.860. The quantitative estimate of drug-likeness (QED) is 0.639. The van der Waals surface area contributed by atoms with Gasteiger partial charge in [-0.15, -0.1) is 0 Å². The molecule has 2 aromatic rings. The number of nitrogens with one attached hydrogen (secondary N) is 1. The van der Waals surface area contributed by atoms with Gasteiger partial charge < -0.3 is 5.32 Å². The second-order valence-corrected chi connectivity index (χ2v) is 6.86. The Kier molecular flexibility index (Phi) is 6.25. The molecule has 2 unspecified atom stereocenters. The van der Waals surface area contributed by atoms with Crippen LogP contribution < -0.4 is 5.32 Å². The van der Waals surface area contributed by atoms with Gasteiger partial charge in [-0.2, -0.15) is 0 Å². The van der Waals surface area contributed by atoms with Crippen molar-refractivity contribution >= 4 is 26.7 Å². The van der Waals surface area contributed by atoms with Crippen LogP contribution in [0.4, 0.5) is 0 Å². The highest BCUT2D eigenvalue weighted by atomic mass is 79.9. The summed E-state index contributed by atoms with van der Waals surface area (Å²) in [4.78, 5) is 0. The molecular weight excluding hydrogens is 322 g/mol. The van der Waals surface area contributed by atoms with E-state index >= 15 is 0 Å². The molecule has 0 amide bonds. The third-order valence-corrected chi connectivity index (χ3v) is 4.61. The second-order valence-electron chi connectivity index (χ2n) is 5.95. The van der Waals surface area contributed by atoms with Crippen LogP contribution in [0.1, 0.15) is 51.6 Å². The second kappa shape index (κ2) is 7.95. The molecule has 0 saturated carbocycles. The Morgan fingerprint density at radius 1 is 1.00 bits per heavy atom. The molecule has 21 heavy (non-hydrogen) atoms. The lowest BCUT2D eigenvalue weighted by Crippen LogP contribution is -2.27. The van der Waals surface area contributed by atoms with E-state index in [2.05, 4.69) is 78.4 Å². The maximum absolute atomic E-state index is 3.74. The van der Waals surface area contributed by atoms with Gasteiger partial charge in [-0.25, -0.2) is 0 Å². The molecule has 0 saturated heterocycles. The number of benzene rings is 2. The first-order chi connectivity index (χ1) is 10.2. The highest BCUT2D eigenvalue weighted by molar-refractivity contribution is 9.10. The zero-order chi connectivity index (χ0) is 15.2. The number of rotatable bonds is 7. The first-order valence-electron chi connectivity index (χ1n) is 8.08. The third kappa shape index (κ3) is 4.31. The van der Waals surface area contributed by atoms with Gasteiger partial charge >= 0.3 is 0 Å². The number of hydrogen-bond donors (Lipinski definition) is 1. The van der Waals surface area contributed by atoms with E-state index in [1.165, 1.54) is 35.6 Å². The van der Waals surface area contributed by atoms with Crippen LogP contribution in [0.5, 0.6) is 0 Å². The Labute approximate surface area is 137 Å². The molecule has 0 aliphatic rings. The lowest BCUT2D eigenvalue weighted by atomic mass is 9.89. The fraction of sp³-hybridized carbons (Fsp3) is 0.474. The van der Waals surface area contributed by atoms with Gasteiger partial charge in [-0.1, -0.05) is 61.3 Å². The normalized spacial score (nSPS) is 14.3. The smallest absolute Gasteiger partial charge is 0.0346 e. The molecule has 114 valence electrons. The summed E-state index contributed by atoms with van der Waals surface area (Å²) in [7, 11) is 0. The lowest BCUT2D eigenvalue weighted by molar-refractivity contribution is 0.363. The van der Waals surface area contributed by atoms with Gasteiger partial charge in [-0.05, 0) is 59.8 Å². The van der Waals surface area contributed by atoms with Crippen molar-refractivity contribution < 1.29 is 0 Å². The summed E-state index contributed by atoms with van der Waals surface area (Å²) in [6, 6.07) is 13.8. The molecular formula is C19H26BrN. The van der Waals surface area contributed by atoms with E-state index in [-0.39, 0.29) is 0 Å². The van der Waals surface area contributed by atoms with Gasteiger partial charge in [0.05, 0.1) is 0 Å². The molecule has 1 N–H and O–H groups in total. The Balaban J connectivity index is 2.31. The minimum absolute atomic E-state index is 0.456. The fourth-order valence-electron chi connectivity index (χ4n) is 3.00. The SMILES string of the molecule is CCCNC(c1ccc2cc(Br)ccc2c1)C(C)CCC. The molecule has 0 aliphatic heterocycles. The van der Waals surface area contributed by atoms with Gasteiger partial charge in [0, 0.05) is 10.5 Å². The zero-order valence-electron chi connectivity index (χ0n) is 13.3. The average Bonchev–Trinajstić information content (AvgIpc) is 2.48. The molecule has 2 rings (SSSR count). The van der Waals surface area contributed by atoms with Crippen molar-refractivity contribution in [3.05, 3.63) is 46.4 Å². The topological polar surface area (TPSA) is 12.0 Å². The zero-order valence-corrected chi connectivity index (χ0v) is 14.9. The van der Waals surface area contributed by atoms with Crippen molar-refractivity contribution in [1.29, 1.82) is 0 Å². The summed E-state index contributed by atoms with van der Waals surface area (Å²) in [5.74, 6) is 0.662. The number of fused-ring (bicyclic) bond motifs is 1. The molecule has 0 aromatic heterocycles. The first-order valence-corrected chi connectivity index (χ1v) is 8.87. The Morgan fingerprint density at radius 2 is 1.71 bits per heavy atom. The van der Waals surface area contributed by atoms with E-state index in [1.54, 1.807) is 0 Å². The molecule has 2 aromatic carbocycles.